The normalized spacial score (nSPS) is 33.1. The maximum atomic E-state index is 11.9. The molecular formula is C12H21NO4S. The Hall–Kier alpha value is -0.620. The van der Waals surface area contributed by atoms with Crippen LogP contribution >= 0.6 is 0 Å². The van der Waals surface area contributed by atoms with Crippen LogP contribution in [0.2, 0.25) is 0 Å². The fourth-order valence-electron chi connectivity index (χ4n) is 2.93. The molecule has 104 valence electrons. The highest BCUT2D eigenvalue weighted by Gasteiger charge is 2.31. The molecule has 2 rings (SSSR count). The van der Waals surface area contributed by atoms with Crippen LogP contribution in [0.3, 0.4) is 0 Å². The molecule has 0 aromatic rings. The molecule has 1 heterocycles. The van der Waals surface area contributed by atoms with E-state index >= 15 is 0 Å². The minimum Gasteiger partial charge on any atom is -0.481 e. The second kappa shape index (κ2) is 5.57. The molecule has 6 heteroatoms. The summed E-state index contributed by atoms with van der Waals surface area (Å²) in [5.74, 6) is -0.316. The number of carbonyl (C=O) groups is 1. The van der Waals surface area contributed by atoms with Crippen LogP contribution in [-0.2, 0) is 14.8 Å². The predicted molar refractivity (Wildman–Crippen MR) is 67.7 cm³/mol. The monoisotopic (exact) mass is 275 g/mol. The van der Waals surface area contributed by atoms with Gasteiger partial charge in [-0.15, -0.1) is 0 Å². The highest BCUT2D eigenvalue weighted by atomic mass is 32.2. The first-order valence-electron chi connectivity index (χ1n) is 6.69. The van der Waals surface area contributed by atoms with Crippen molar-refractivity contribution in [3.05, 3.63) is 0 Å². The van der Waals surface area contributed by atoms with Crippen molar-refractivity contribution in [1.29, 1.82) is 0 Å². The van der Waals surface area contributed by atoms with Crippen molar-refractivity contribution in [2.24, 2.45) is 11.8 Å². The van der Waals surface area contributed by atoms with Gasteiger partial charge in [-0.05, 0) is 44.4 Å². The molecule has 1 aliphatic carbocycles. The van der Waals surface area contributed by atoms with Gasteiger partial charge < -0.3 is 5.11 Å². The van der Waals surface area contributed by atoms with E-state index in [4.69, 9.17) is 5.11 Å². The third-order valence-electron chi connectivity index (χ3n) is 4.11. The van der Waals surface area contributed by atoms with E-state index in [1.54, 1.807) is 4.31 Å². The Morgan fingerprint density at radius 3 is 2.39 bits per heavy atom. The summed E-state index contributed by atoms with van der Waals surface area (Å²) in [6.07, 6.45) is 4.77. The molecule has 0 unspecified atom stereocenters. The molecule has 0 aromatic heterocycles. The van der Waals surface area contributed by atoms with E-state index in [-0.39, 0.29) is 11.7 Å². The number of carboxylic acid groups (broad SMARTS) is 1. The Labute approximate surface area is 108 Å². The number of hydrogen-bond donors (Lipinski definition) is 1. The molecule has 2 fully saturated rings. The fraction of sp³-hybridized carbons (Fsp3) is 0.917. The molecule has 0 radical (unpaired) electrons. The van der Waals surface area contributed by atoms with E-state index in [1.807, 2.05) is 0 Å². The molecule has 0 amide bonds. The van der Waals surface area contributed by atoms with E-state index in [0.29, 0.717) is 31.8 Å². The van der Waals surface area contributed by atoms with Gasteiger partial charge in [0, 0.05) is 13.1 Å². The highest BCUT2D eigenvalue weighted by molar-refractivity contribution is 7.89. The summed E-state index contributed by atoms with van der Waals surface area (Å²) in [6, 6.07) is 0. The SMILES string of the molecule is O=C(O)C1CCC(CN2CCCCS2(=O)=O)CC1. The van der Waals surface area contributed by atoms with Crippen LogP contribution in [0.25, 0.3) is 0 Å². The van der Waals surface area contributed by atoms with E-state index in [9.17, 15) is 13.2 Å². The van der Waals surface area contributed by atoms with Gasteiger partial charge in [-0.3, -0.25) is 4.79 Å². The van der Waals surface area contributed by atoms with Crippen LogP contribution in [0.5, 0.6) is 0 Å². The first-order valence-corrected chi connectivity index (χ1v) is 8.30. The van der Waals surface area contributed by atoms with Crippen LogP contribution in [0.1, 0.15) is 38.5 Å². The molecular weight excluding hydrogens is 254 g/mol. The number of hydrogen-bond acceptors (Lipinski definition) is 3. The summed E-state index contributed by atoms with van der Waals surface area (Å²) in [7, 11) is -3.04. The minimum absolute atomic E-state index is 0.223. The quantitative estimate of drug-likeness (QED) is 0.842. The molecule has 0 atom stereocenters. The maximum absolute atomic E-state index is 11.9. The second-order valence-corrected chi connectivity index (χ2v) is 7.53. The Morgan fingerprint density at radius 1 is 1.17 bits per heavy atom. The lowest BCUT2D eigenvalue weighted by Crippen LogP contribution is -2.41. The van der Waals surface area contributed by atoms with Crippen molar-refractivity contribution in [2.75, 3.05) is 18.8 Å². The smallest absolute Gasteiger partial charge is 0.306 e. The number of carboxylic acids is 1. The van der Waals surface area contributed by atoms with Gasteiger partial charge in [-0.25, -0.2) is 12.7 Å². The van der Waals surface area contributed by atoms with Crippen LogP contribution in [0, 0.1) is 11.8 Å². The summed E-state index contributed by atoms with van der Waals surface area (Å²) in [4.78, 5) is 10.8. The molecule has 1 aliphatic heterocycles. The summed E-state index contributed by atoms with van der Waals surface area (Å²) < 4.78 is 25.3. The van der Waals surface area contributed by atoms with E-state index in [1.165, 1.54) is 0 Å². The topological polar surface area (TPSA) is 74.7 Å². The zero-order chi connectivity index (χ0) is 13.2. The maximum Gasteiger partial charge on any atom is 0.306 e. The molecule has 1 saturated heterocycles. The largest absolute Gasteiger partial charge is 0.481 e. The van der Waals surface area contributed by atoms with Crippen LogP contribution in [0.15, 0.2) is 0 Å². The molecule has 2 aliphatic rings. The van der Waals surface area contributed by atoms with Gasteiger partial charge in [0.25, 0.3) is 0 Å². The number of sulfonamides is 1. The molecule has 1 N–H and O–H groups in total. The predicted octanol–water partition coefficient (Wildman–Crippen LogP) is 1.30. The van der Waals surface area contributed by atoms with Crippen LogP contribution < -0.4 is 0 Å². The average molecular weight is 275 g/mol. The zero-order valence-electron chi connectivity index (χ0n) is 10.5. The Kier molecular flexibility index (Phi) is 4.27. The zero-order valence-corrected chi connectivity index (χ0v) is 11.4. The Bertz CT molecular complexity index is 398. The summed E-state index contributed by atoms with van der Waals surface area (Å²) in [5, 5.41) is 8.92. The molecule has 1 saturated carbocycles. The van der Waals surface area contributed by atoms with Gasteiger partial charge in [-0.2, -0.15) is 0 Å². The Morgan fingerprint density at radius 2 is 1.83 bits per heavy atom. The first-order chi connectivity index (χ1) is 8.49. The van der Waals surface area contributed by atoms with E-state index in [0.717, 1.165) is 25.7 Å². The van der Waals surface area contributed by atoms with Crippen molar-refractivity contribution < 1.29 is 18.3 Å². The molecule has 0 bridgehead atoms. The molecule has 18 heavy (non-hydrogen) atoms. The third-order valence-corrected chi connectivity index (χ3v) is 6.03. The number of nitrogens with zero attached hydrogens (tertiary/aromatic N) is 1. The van der Waals surface area contributed by atoms with Gasteiger partial charge in [0.2, 0.25) is 10.0 Å². The van der Waals surface area contributed by atoms with Crippen LogP contribution in [-0.4, -0.2) is 42.6 Å². The molecule has 0 spiro atoms. The number of rotatable bonds is 3. The van der Waals surface area contributed by atoms with Gasteiger partial charge in [0.05, 0.1) is 11.7 Å². The highest BCUT2D eigenvalue weighted by Crippen LogP contribution is 2.30. The van der Waals surface area contributed by atoms with Gasteiger partial charge >= 0.3 is 5.97 Å². The van der Waals surface area contributed by atoms with Gasteiger partial charge in [0.1, 0.15) is 0 Å². The average Bonchev–Trinajstić information content (AvgIpc) is 2.32. The van der Waals surface area contributed by atoms with Crippen molar-refractivity contribution in [3.63, 3.8) is 0 Å². The summed E-state index contributed by atoms with van der Waals surface area (Å²) in [5.41, 5.74) is 0. The lowest BCUT2D eigenvalue weighted by Gasteiger charge is -2.32. The molecule has 5 nitrogen and oxygen atoms in total. The second-order valence-electron chi connectivity index (χ2n) is 5.44. The van der Waals surface area contributed by atoms with Crippen molar-refractivity contribution in [2.45, 2.75) is 38.5 Å². The lowest BCUT2D eigenvalue weighted by molar-refractivity contribution is -0.143. The number of aliphatic carboxylic acids is 1. The van der Waals surface area contributed by atoms with Crippen molar-refractivity contribution in [1.82, 2.24) is 4.31 Å². The summed E-state index contributed by atoms with van der Waals surface area (Å²) >= 11 is 0. The fourth-order valence-corrected chi connectivity index (χ4v) is 4.60. The Balaban J connectivity index is 1.86. The molecule has 0 aromatic carbocycles. The third kappa shape index (κ3) is 3.23. The lowest BCUT2D eigenvalue weighted by atomic mass is 9.82. The standard InChI is InChI=1S/C12H21NO4S/c14-12(15)11-5-3-10(4-6-11)9-13-7-1-2-8-18(13,16)17/h10-11H,1-9H2,(H,14,15). The van der Waals surface area contributed by atoms with Crippen molar-refractivity contribution >= 4 is 16.0 Å². The van der Waals surface area contributed by atoms with Gasteiger partial charge in [0.15, 0.2) is 0 Å². The van der Waals surface area contributed by atoms with Crippen LogP contribution in [0.4, 0.5) is 0 Å². The first kappa shape index (κ1) is 13.8. The van der Waals surface area contributed by atoms with E-state index < -0.39 is 16.0 Å². The minimum atomic E-state index is -3.04. The summed E-state index contributed by atoms with van der Waals surface area (Å²) in [6.45, 7) is 1.23. The van der Waals surface area contributed by atoms with Crippen molar-refractivity contribution in [3.8, 4) is 0 Å². The van der Waals surface area contributed by atoms with E-state index in [2.05, 4.69) is 0 Å². The van der Waals surface area contributed by atoms with Gasteiger partial charge in [-0.1, -0.05) is 0 Å².